The van der Waals surface area contributed by atoms with Gasteiger partial charge in [-0.25, -0.2) is 0 Å². The lowest BCUT2D eigenvalue weighted by Crippen LogP contribution is -2.51. The quantitative estimate of drug-likeness (QED) is 0.837. The van der Waals surface area contributed by atoms with E-state index in [2.05, 4.69) is 11.6 Å². The fourth-order valence-corrected chi connectivity index (χ4v) is 3.86. The number of hydrogen-bond acceptors (Lipinski definition) is 3. The van der Waals surface area contributed by atoms with Crippen LogP contribution in [0.3, 0.4) is 0 Å². The van der Waals surface area contributed by atoms with Gasteiger partial charge in [-0.1, -0.05) is 19.8 Å². The summed E-state index contributed by atoms with van der Waals surface area (Å²) in [6, 6.07) is -0.306. The Bertz CT molecular complexity index is 350. The Labute approximate surface area is 119 Å². The Morgan fingerprint density at radius 2 is 2.16 bits per heavy atom. The fourth-order valence-electron chi connectivity index (χ4n) is 2.88. The number of carbonyl (C=O) groups is 2. The Kier molecular flexibility index (Phi) is 4.76. The summed E-state index contributed by atoms with van der Waals surface area (Å²) in [4.78, 5) is 26.1. The van der Waals surface area contributed by atoms with Crippen LogP contribution in [0.5, 0.6) is 0 Å². The number of carbonyl (C=O) groups excluding carboxylic acids is 2. The molecule has 0 aromatic rings. The average Bonchev–Trinajstić information content (AvgIpc) is 2.47. The molecule has 0 spiro atoms. The second-order valence-electron chi connectivity index (χ2n) is 5.66. The molecular weight excluding hydrogens is 260 g/mol. The SMILES string of the molecule is CCCC1NC(=O)CCN(CC2(SC)CCC2)C1=O. The van der Waals surface area contributed by atoms with Crippen LogP contribution >= 0.6 is 11.8 Å². The lowest BCUT2D eigenvalue weighted by Gasteiger charge is -2.44. The topological polar surface area (TPSA) is 49.4 Å². The van der Waals surface area contributed by atoms with Gasteiger partial charge in [0.2, 0.25) is 11.8 Å². The molecule has 1 N–H and O–H groups in total. The molecule has 108 valence electrons. The van der Waals surface area contributed by atoms with Crippen LogP contribution in [-0.4, -0.2) is 46.8 Å². The van der Waals surface area contributed by atoms with Crippen molar-refractivity contribution in [2.45, 2.75) is 56.2 Å². The highest BCUT2D eigenvalue weighted by atomic mass is 32.2. The van der Waals surface area contributed by atoms with Gasteiger partial charge in [0.05, 0.1) is 0 Å². The van der Waals surface area contributed by atoms with Crippen molar-refractivity contribution in [1.82, 2.24) is 10.2 Å². The summed E-state index contributed by atoms with van der Waals surface area (Å²) in [7, 11) is 0. The molecule has 2 fully saturated rings. The first-order chi connectivity index (χ1) is 9.10. The molecule has 19 heavy (non-hydrogen) atoms. The number of thioether (sulfide) groups is 1. The largest absolute Gasteiger partial charge is 0.344 e. The van der Waals surface area contributed by atoms with Gasteiger partial charge < -0.3 is 10.2 Å². The monoisotopic (exact) mass is 284 g/mol. The number of nitrogens with one attached hydrogen (secondary N) is 1. The van der Waals surface area contributed by atoms with Crippen LogP contribution in [0.4, 0.5) is 0 Å². The maximum absolute atomic E-state index is 12.5. The van der Waals surface area contributed by atoms with Crippen LogP contribution in [0.25, 0.3) is 0 Å². The zero-order chi connectivity index (χ0) is 13.9. The van der Waals surface area contributed by atoms with Gasteiger partial charge in [0, 0.05) is 24.3 Å². The van der Waals surface area contributed by atoms with E-state index in [1.165, 1.54) is 19.3 Å². The second-order valence-corrected chi connectivity index (χ2v) is 6.93. The van der Waals surface area contributed by atoms with Gasteiger partial charge in [-0.3, -0.25) is 9.59 Å². The van der Waals surface area contributed by atoms with E-state index in [1.807, 2.05) is 23.6 Å². The first kappa shape index (κ1) is 14.7. The molecule has 0 aromatic heterocycles. The van der Waals surface area contributed by atoms with Crippen molar-refractivity contribution in [3.05, 3.63) is 0 Å². The second kappa shape index (κ2) is 6.16. The standard InChI is InChI=1S/C14H24N2O2S/c1-3-5-11-13(18)16(9-6-12(17)15-11)10-14(19-2)7-4-8-14/h11H,3-10H2,1-2H3,(H,15,17). The highest BCUT2D eigenvalue weighted by Gasteiger charge is 2.40. The molecule has 2 amide bonds. The number of hydrogen-bond donors (Lipinski definition) is 1. The molecule has 0 aromatic carbocycles. The predicted octanol–water partition coefficient (Wildman–Crippen LogP) is 1.79. The third-order valence-corrected chi connectivity index (χ3v) is 5.71. The van der Waals surface area contributed by atoms with Gasteiger partial charge in [0.25, 0.3) is 0 Å². The van der Waals surface area contributed by atoms with E-state index in [0.717, 1.165) is 19.4 Å². The van der Waals surface area contributed by atoms with Crippen LogP contribution in [0, 0.1) is 0 Å². The van der Waals surface area contributed by atoms with Crippen LogP contribution in [0.15, 0.2) is 0 Å². The predicted molar refractivity (Wildman–Crippen MR) is 78.1 cm³/mol. The summed E-state index contributed by atoms with van der Waals surface area (Å²) in [5.41, 5.74) is 0. The van der Waals surface area contributed by atoms with Gasteiger partial charge in [-0.2, -0.15) is 11.8 Å². The molecule has 4 nitrogen and oxygen atoms in total. The number of amides is 2. The van der Waals surface area contributed by atoms with Gasteiger partial charge >= 0.3 is 0 Å². The van der Waals surface area contributed by atoms with Crippen molar-refractivity contribution < 1.29 is 9.59 Å². The Morgan fingerprint density at radius 3 is 2.68 bits per heavy atom. The first-order valence-electron chi connectivity index (χ1n) is 7.23. The molecule has 0 radical (unpaired) electrons. The molecular formula is C14H24N2O2S. The van der Waals surface area contributed by atoms with Crippen LogP contribution in [-0.2, 0) is 9.59 Å². The summed E-state index contributed by atoms with van der Waals surface area (Å²) < 4.78 is 0.250. The van der Waals surface area contributed by atoms with Crippen LogP contribution in [0.1, 0.15) is 45.4 Å². The summed E-state index contributed by atoms with van der Waals surface area (Å²) >= 11 is 1.88. The molecule has 1 heterocycles. The smallest absolute Gasteiger partial charge is 0.245 e. The average molecular weight is 284 g/mol. The minimum Gasteiger partial charge on any atom is -0.344 e. The molecule has 1 aliphatic carbocycles. The lowest BCUT2D eigenvalue weighted by atomic mass is 9.83. The molecule has 2 aliphatic rings. The van der Waals surface area contributed by atoms with Gasteiger partial charge in [-0.15, -0.1) is 0 Å². The van der Waals surface area contributed by atoms with Gasteiger partial charge in [-0.05, 0) is 25.5 Å². The minimum absolute atomic E-state index is 0.0149. The van der Waals surface area contributed by atoms with Crippen LogP contribution in [0.2, 0.25) is 0 Å². The Morgan fingerprint density at radius 1 is 1.42 bits per heavy atom. The number of nitrogens with zero attached hydrogens (tertiary/aromatic N) is 1. The maximum atomic E-state index is 12.5. The third-order valence-electron chi connectivity index (χ3n) is 4.31. The molecule has 5 heteroatoms. The molecule has 0 bridgehead atoms. The summed E-state index contributed by atoms with van der Waals surface area (Å²) in [5.74, 6) is 0.133. The van der Waals surface area contributed by atoms with E-state index in [1.54, 1.807) is 0 Å². The van der Waals surface area contributed by atoms with E-state index < -0.39 is 0 Å². The molecule has 1 atom stereocenters. The Hall–Kier alpha value is -0.710. The molecule has 1 unspecified atom stereocenters. The summed E-state index contributed by atoms with van der Waals surface area (Å²) in [5, 5.41) is 2.86. The number of rotatable bonds is 5. The van der Waals surface area contributed by atoms with Gasteiger partial charge in [0.15, 0.2) is 0 Å². The van der Waals surface area contributed by atoms with E-state index in [9.17, 15) is 9.59 Å². The highest BCUT2D eigenvalue weighted by molar-refractivity contribution is 8.00. The van der Waals surface area contributed by atoms with Crippen molar-refractivity contribution in [3.8, 4) is 0 Å². The molecule has 2 rings (SSSR count). The maximum Gasteiger partial charge on any atom is 0.245 e. The van der Waals surface area contributed by atoms with Gasteiger partial charge in [0.1, 0.15) is 6.04 Å². The lowest BCUT2D eigenvalue weighted by molar-refractivity contribution is -0.134. The van der Waals surface area contributed by atoms with E-state index >= 15 is 0 Å². The van der Waals surface area contributed by atoms with Crippen molar-refractivity contribution in [3.63, 3.8) is 0 Å². The third kappa shape index (κ3) is 3.25. The Balaban J connectivity index is 2.05. The zero-order valence-electron chi connectivity index (χ0n) is 11.9. The van der Waals surface area contributed by atoms with Crippen LogP contribution < -0.4 is 5.32 Å². The van der Waals surface area contributed by atoms with E-state index in [-0.39, 0.29) is 22.6 Å². The molecule has 1 saturated carbocycles. The van der Waals surface area contributed by atoms with Crippen molar-refractivity contribution in [1.29, 1.82) is 0 Å². The first-order valence-corrected chi connectivity index (χ1v) is 8.46. The normalized spacial score (nSPS) is 26.6. The van der Waals surface area contributed by atoms with Crippen molar-refractivity contribution in [2.75, 3.05) is 19.3 Å². The summed E-state index contributed by atoms with van der Waals surface area (Å²) in [6.45, 7) is 3.43. The molecule has 1 saturated heterocycles. The van der Waals surface area contributed by atoms with Crippen molar-refractivity contribution in [2.24, 2.45) is 0 Å². The molecule has 1 aliphatic heterocycles. The highest BCUT2D eigenvalue weighted by Crippen LogP contribution is 2.43. The van der Waals surface area contributed by atoms with E-state index in [4.69, 9.17) is 0 Å². The summed E-state index contributed by atoms with van der Waals surface area (Å²) in [6.07, 6.45) is 7.88. The minimum atomic E-state index is -0.306. The van der Waals surface area contributed by atoms with Crippen molar-refractivity contribution >= 4 is 23.6 Å². The zero-order valence-corrected chi connectivity index (χ0v) is 12.7. The van der Waals surface area contributed by atoms with E-state index in [0.29, 0.717) is 13.0 Å². The fraction of sp³-hybridized carbons (Fsp3) is 0.857.